The van der Waals surface area contributed by atoms with Crippen molar-refractivity contribution >= 4 is 28.9 Å². The van der Waals surface area contributed by atoms with Crippen LogP contribution in [0.4, 0.5) is 26.1 Å². The summed E-state index contributed by atoms with van der Waals surface area (Å²) in [7, 11) is 0. The second kappa shape index (κ2) is 8.22. The number of anilines is 3. The van der Waals surface area contributed by atoms with Crippen LogP contribution >= 0.6 is 0 Å². The maximum atomic E-state index is 13.8. The molecule has 0 radical (unpaired) electrons. The zero-order valence-electron chi connectivity index (χ0n) is 17.6. The number of hydrogen-bond acceptors (Lipinski definition) is 5. The molecule has 0 unspecified atom stereocenters. The van der Waals surface area contributed by atoms with E-state index in [0.29, 0.717) is 17.4 Å². The highest BCUT2D eigenvalue weighted by atomic mass is 19.1. The van der Waals surface area contributed by atoms with Crippen LogP contribution in [0, 0.1) is 32.4 Å². The fourth-order valence-corrected chi connectivity index (χ4v) is 3.20. The van der Waals surface area contributed by atoms with Crippen LogP contribution in [-0.4, -0.2) is 25.1 Å². The SMILES string of the molecule is Cc1cc2nn(CC(=O)Nc3ccc(F)cc3F)c(=O)n2c(Nc2ccc(C)c(C)c2)n1. The third kappa shape index (κ3) is 4.20. The second-order valence-electron chi connectivity index (χ2n) is 7.45. The van der Waals surface area contributed by atoms with E-state index in [1.807, 2.05) is 32.0 Å². The van der Waals surface area contributed by atoms with E-state index in [9.17, 15) is 18.4 Å². The standard InChI is InChI=1S/C22H20F2N6O2/c1-12-4-6-16(8-13(12)2)26-21-25-14(3)9-19-28-29(22(32)30(19)21)11-20(31)27-18-7-5-15(23)10-17(18)24/h4-10H,11H2,1-3H3,(H,25,26)(H,27,31). The predicted molar refractivity (Wildman–Crippen MR) is 116 cm³/mol. The zero-order valence-corrected chi connectivity index (χ0v) is 17.6. The number of fused-ring (bicyclic) bond motifs is 1. The lowest BCUT2D eigenvalue weighted by Gasteiger charge is -2.09. The van der Waals surface area contributed by atoms with E-state index < -0.39 is 29.8 Å². The van der Waals surface area contributed by atoms with Crippen molar-refractivity contribution in [3.8, 4) is 0 Å². The Morgan fingerprint density at radius 2 is 1.81 bits per heavy atom. The fourth-order valence-electron chi connectivity index (χ4n) is 3.20. The number of benzene rings is 2. The van der Waals surface area contributed by atoms with E-state index in [1.165, 1.54) is 4.40 Å². The van der Waals surface area contributed by atoms with Crippen molar-refractivity contribution in [2.45, 2.75) is 27.3 Å². The number of aromatic nitrogens is 4. The van der Waals surface area contributed by atoms with Gasteiger partial charge in [-0.3, -0.25) is 4.79 Å². The lowest BCUT2D eigenvalue weighted by Crippen LogP contribution is -2.29. The molecule has 2 aromatic carbocycles. The van der Waals surface area contributed by atoms with Gasteiger partial charge in [-0.15, -0.1) is 5.10 Å². The van der Waals surface area contributed by atoms with Gasteiger partial charge in [0.05, 0.1) is 5.69 Å². The fraction of sp³-hybridized carbons (Fsp3) is 0.182. The predicted octanol–water partition coefficient (Wildman–Crippen LogP) is 3.48. The van der Waals surface area contributed by atoms with Gasteiger partial charge in [0.25, 0.3) is 0 Å². The zero-order chi connectivity index (χ0) is 23.0. The number of nitrogens with one attached hydrogen (secondary N) is 2. The minimum atomic E-state index is -0.916. The average molecular weight is 438 g/mol. The van der Waals surface area contributed by atoms with Gasteiger partial charge >= 0.3 is 5.69 Å². The summed E-state index contributed by atoms with van der Waals surface area (Å²) < 4.78 is 29.1. The molecule has 0 saturated carbocycles. The summed E-state index contributed by atoms with van der Waals surface area (Å²) in [5, 5.41) is 9.64. The number of carbonyl (C=O) groups excluding carboxylic acids is 1. The number of halogens is 2. The molecule has 1 amide bonds. The number of hydrogen-bond donors (Lipinski definition) is 2. The van der Waals surface area contributed by atoms with E-state index in [4.69, 9.17) is 0 Å². The molecule has 164 valence electrons. The topological polar surface area (TPSA) is 93.3 Å². The minimum Gasteiger partial charge on any atom is -0.325 e. The van der Waals surface area contributed by atoms with Crippen molar-refractivity contribution in [2.75, 3.05) is 10.6 Å². The summed E-state index contributed by atoms with van der Waals surface area (Å²) in [6.45, 7) is 5.28. The first-order valence-electron chi connectivity index (χ1n) is 9.77. The Balaban J connectivity index is 1.64. The summed E-state index contributed by atoms with van der Waals surface area (Å²) >= 11 is 0. The second-order valence-corrected chi connectivity index (χ2v) is 7.45. The number of carbonyl (C=O) groups is 1. The lowest BCUT2D eigenvalue weighted by atomic mass is 10.1. The Morgan fingerprint density at radius 3 is 2.53 bits per heavy atom. The summed E-state index contributed by atoms with van der Waals surface area (Å²) in [5.41, 5.74) is 3.10. The molecule has 0 aliphatic carbocycles. The molecule has 0 fully saturated rings. The Kier molecular flexibility index (Phi) is 5.43. The van der Waals surface area contributed by atoms with Crippen LogP contribution in [-0.2, 0) is 11.3 Å². The highest BCUT2D eigenvalue weighted by Gasteiger charge is 2.16. The van der Waals surface area contributed by atoms with Crippen LogP contribution in [0.1, 0.15) is 16.8 Å². The molecule has 10 heteroatoms. The maximum absolute atomic E-state index is 13.8. The van der Waals surface area contributed by atoms with Gasteiger partial charge in [0, 0.05) is 23.5 Å². The quantitative estimate of drug-likeness (QED) is 0.498. The molecule has 2 N–H and O–H groups in total. The number of nitrogens with zero attached hydrogens (tertiary/aromatic N) is 4. The molecule has 0 atom stereocenters. The molecular weight excluding hydrogens is 418 g/mol. The molecule has 2 aromatic heterocycles. The van der Waals surface area contributed by atoms with Gasteiger partial charge in [0.15, 0.2) is 5.65 Å². The largest absolute Gasteiger partial charge is 0.353 e. The van der Waals surface area contributed by atoms with Crippen LogP contribution in [0.3, 0.4) is 0 Å². The van der Waals surface area contributed by atoms with Crippen LogP contribution < -0.4 is 16.3 Å². The van der Waals surface area contributed by atoms with E-state index >= 15 is 0 Å². The Hall–Kier alpha value is -4.08. The number of rotatable bonds is 5. The van der Waals surface area contributed by atoms with E-state index in [2.05, 4.69) is 20.7 Å². The molecule has 0 spiro atoms. The van der Waals surface area contributed by atoms with Crippen molar-refractivity contribution in [3.05, 3.63) is 81.4 Å². The van der Waals surface area contributed by atoms with Crippen molar-refractivity contribution < 1.29 is 13.6 Å². The normalized spacial score (nSPS) is 11.0. The van der Waals surface area contributed by atoms with Crippen LogP contribution in [0.5, 0.6) is 0 Å². The maximum Gasteiger partial charge on any atom is 0.353 e. The van der Waals surface area contributed by atoms with Gasteiger partial charge in [-0.25, -0.2) is 27.6 Å². The van der Waals surface area contributed by atoms with Crippen LogP contribution in [0.15, 0.2) is 47.3 Å². The number of amides is 1. The van der Waals surface area contributed by atoms with Gasteiger partial charge in [-0.05, 0) is 56.2 Å². The van der Waals surface area contributed by atoms with Gasteiger partial charge in [-0.1, -0.05) is 6.07 Å². The van der Waals surface area contributed by atoms with Gasteiger partial charge < -0.3 is 10.6 Å². The Morgan fingerprint density at radius 1 is 1.03 bits per heavy atom. The first-order chi connectivity index (χ1) is 15.2. The minimum absolute atomic E-state index is 0.192. The summed E-state index contributed by atoms with van der Waals surface area (Å²) in [6.07, 6.45) is 0. The highest BCUT2D eigenvalue weighted by Crippen LogP contribution is 2.19. The highest BCUT2D eigenvalue weighted by molar-refractivity contribution is 5.90. The average Bonchev–Trinajstić information content (AvgIpc) is 3.02. The van der Waals surface area contributed by atoms with E-state index in [0.717, 1.165) is 33.6 Å². The lowest BCUT2D eigenvalue weighted by molar-refractivity contribution is -0.117. The van der Waals surface area contributed by atoms with Crippen LogP contribution in [0.2, 0.25) is 0 Å². The summed E-state index contributed by atoms with van der Waals surface area (Å²) in [6, 6.07) is 10.2. The Bertz CT molecular complexity index is 1410. The molecule has 4 rings (SSSR count). The first kappa shape index (κ1) is 21.2. The van der Waals surface area contributed by atoms with E-state index in [-0.39, 0.29) is 11.6 Å². The van der Waals surface area contributed by atoms with Crippen molar-refractivity contribution in [1.29, 1.82) is 0 Å². The molecule has 4 aromatic rings. The van der Waals surface area contributed by atoms with Crippen LogP contribution in [0.25, 0.3) is 5.65 Å². The molecule has 2 heterocycles. The summed E-state index contributed by atoms with van der Waals surface area (Å²) in [4.78, 5) is 29.7. The molecule has 8 nitrogen and oxygen atoms in total. The third-order valence-electron chi connectivity index (χ3n) is 4.96. The molecule has 0 aliphatic rings. The van der Waals surface area contributed by atoms with Crippen molar-refractivity contribution in [3.63, 3.8) is 0 Å². The molecule has 0 bridgehead atoms. The number of aryl methyl sites for hydroxylation is 3. The van der Waals surface area contributed by atoms with Crippen molar-refractivity contribution in [2.24, 2.45) is 0 Å². The molecule has 0 aliphatic heterocycles. The summed E-state index contributed by atoms with van der Waals surface area (Å²) in [5.74, 6) is -2.11. The third-order valence-corrected chi connectivity index (χ3v) is 4.96. The smallest absolute Gasteiger partial charge is 0.325 e. The molecular formula is C22H20F2N6O2. The molecule has 0 saturated heterocycles. The van der Waals surface area contributed by atoms with Gasteiger partial charge in [0.2, 0.25) is 11.9 Å². The monoisotopic (exact) mass is 438 g/mol. The molecule has 32 heavy (non-hydrogen) atoms. The van der Waals surface area contributed by atoms with E-state index in [1.54, 1.807) is 13.0 Å². The van der Waals surface area contributed by atoms with Gasteiger partial charge in [0.1, 0.15) is 18.2 Å². The Labute approximate surface area is 181 Å². The first-order valence-corrected chi connectivity index (χ1v) is 9.77. The van der Waals surface area contributed by atoms with Crippen molar-refractivity contribution in [1.82, 2.24) is 19.2 Å². The van der Waals surface area contributed by atoms with Gasteiger partial charge in [-0.2, -0.15) is 0 Å².